The summed E-state index contributed by atoms with van der Waals surface area (Å²) in [5.74, 6) is 3.48. The lowest BCUT2D eigenvalue weighted by Gasteiger charge is -2.28. The minimum absolute atomic E-state index is 0. The maximum atomic E-state index is 5.73. The van der Waals surface area contributed by atoms with Gasteiger partial charge in [-0.25, -0.2) is 4.99 Å². The number of hydrogen-bond acceptors (Lipinski definition) is 5. The first kappa shape index (κ1) is 24.3. The third-order valence-corrected chi connectivity index (χ3v) is 4.93. The first-order valence-electron chi connectivity index (χ1n) is 10.3. The van der Waals surface area contributed by atoms with Crippen molar-refractivity contribution in [2.45, 2.75) is 52.5 Å². The molecule has 30 heavy (non-hydrogen) atoms. The average Bonchev–Trinajstić information content (AvgIpc) is 3.19. The number of benzene rings is 1. The van der Waals surface area contributed by atoms with Crippen LogP contribution in [0, 0.1) is 0 Å². The molecule has 1 aliphatic heterocycles. The Bertz CT molecular complexity index is 849. The molecule has 0 fully saturated rings. The molecule has 0 atom stereocenters. The zero-order valence-corrected chi connectivity index (χ0v) is 20.8. The van der Waals surface area contributed by atoms with Gasteiger partial charge in [0, 0.05) is 24.6 Å². The van der Waals surface area contributed by atoms with Crippen molar-refractivity contribution >= 4 is 29.9 Å². The van der Waals surface area contributed by atoms with Gasteiger partial charge in [-0.1, -0.05) is 38.9 Å². The van der Waals surface area contributed by atoms with Crippen molar-refractivity contribution in [3.8, 4) is 11.5 Å². The summed E-state index contributed by atoms with van der Waals surface area (Å²) in [6.07, 6.45) is 0. The van der Waals surface area contributed by atoms with Crippen LogP contribution < -0.4 is 20.1 Å². The Morgan fingerprint density at radius 3 is 2.53 bits per heavy atom. The Morgan fingerprint density at radius 2 is 1.87 bits per heavy atom. The van der Waals surface area contributed by atoms with Gasteiger partial charge in [0.05, 0.1) is 5.69 Å². The zero-order valence-electron chi connectivity index (χ0n) is 18.4. The van der Waals surface area contributed by atoms with Gasteiger partial charge in [0.1, 0.15) is 19.8 Å². The number of rotatable bonds is 7. The molecule has 0 bridgehead atoms. The predicted molar refractivity (Wildman–Crippen MR) is 129 cm³/mol. The smallest absolute Gasteiger partial charge is 0.191 e. The molecule has 0 amide bonds. The molecule has 1 aliphatic rings. The highest BCUT2D eigenvalue weighted by atomic mass is 127. The summed E-state index contributed by atoms with van der Waals surface area (Å²) in [6, 6.07) is 8.13. The highest BCUT2D eigenvalue weighted by molar-refractivity contribution is 14.0. The van der Waals surface area contributed by atoms with Gasteiger partial charge in [-0.05, 0) is 30.5 Å². The van der Waals surface area contributed by atoms with E-state index in [2.05, 4.69) is 67.5 Å². The second kappa shape index (κ2) is 10.9. The van der Waals surface area contributed by atoms with E-state index in [1.807, 2.05) is 12.1 Å². The minimum Gasteiger partial charge on any atom is -0.486 e. The van der Waals surface area contributed by atoms with Crippen LogP contribution in [-0.4, -0.2) is 37.4 Å². The fourth-order valence-electron chi connectivity index (χ4n) is 3.05. The molecule has 0 radical (unpaired) electrons. The molecular formula is C22H33IN4O3. The van der Waals surface area contributed by atoms with Crippen LogP contribution in [0.3, 0.4) is 0 Å². The maximum Gasteiger partial charge on any atom is 0.191 e. The second-order valence-corrected chi connectivity index (χ2v) is 8.16. The molecule has 166 valence electrons. The number of nitrogens with one attached hydrogen (secondary N) is 2. The van der Waals surface area contributed by atoms with Crippen molar-refractivity contribution in [3.63, 3.8) is 0 Å². The summed E-state index contributed by atoms with van der Waals surface area (Å²) in [7, 11) is 0. The van der Waals surface area contributed by atoms with Crippen molar-refractivity contribution in [2.24, 2.45) is 4.99 Å². The molecule has 2 N–H and O–H groups in total. The summed E-state index contributed by atoms with van der Waals surface area (Å²) >= 11 is 0. The lowest BCUT2D eigenvalue weighted by Crippen LogP contribution is -2.43. The van der Waals surface area contributed by atoms with Crippen LogP contribution in [0.15, 0.2) is 33.8 Å². The standard InChI is InChI=1S/C22H32N4O3.HI/c1-6-23-21(24-13-17-12-18(15(2)3)26-29-17)25-14-22(4,5)16-7-8-19-20(11-16)28-10-9-27-19;/h7-8,11-12,15H,6,9-10,13-14H2,1-5H3,(H2,23,24,25);1H. The lowest BCUT2D eigenvalue weighted by atomic mass is 9.84. The third-order valence-electron chi connectivity index (χ3n) is 4.93. The summed E-state index contributed by atoms with van der Waals surface area (Å²) in [5, 5.41) is 10.8. The number of fused-ring (bicyclic) bond motifs is 1. The number of guanidine groups is 1. The molecule has 1 aromatic heterocycles. The van der Waals surface area contributed by atoms with Gasteiger partial charge in [0.15, 0.2) is 23.2 Å². The predicted octanol–water partition coefficient (Wildman–Crippen LogP) is 4.22. The topological polar surface area (TPSA) is 80.9 Å². The fourth-order valence-corrected chi connectivity index (χ4v) is 3.05. The van der Waals surface area contributed by atoms with E-state index in [0.29, 0.717) is 32.2 Å². The van der Waals surface area contributed by atoms with Gasteiger partial charge in [0.25, 0.3) is 0 Å². The molecule has 0 saturated heterocycles. The number of nitrogens with zero attached hydrogens (tertiary/aromatic N) is 2. The van der Waals surface area contributed by atoms with Crippen molar-refractivity contribution in [1.82, 2.24) is 15.8 Å². The quantitative estimate of drug-likeness (QED) is 0.318. The van der Waals surface area contributed by atoms with Crippen molar-refractivity contribution < 1.29 is 14.0 Å². The van der Waals surface area contributed by atoms with Crippen molar-refractivity contribution in [1.29, 1.82) is 0 Å². The number of aliphatic imine (C=N–C) groups is 1. The van der Waals surface area contributed by atoms with E-state index < -0.39 is 0 Å². The molecule has 3 rings (SSSR count). The van der Waals surface area contributed by atoms with Gasteiger partial charge < -0.3 is 24.6 Å². The molecular weight excluding hydrogens is 495 g/mol. The third kappa shape index (κ3) is 6.26. The van der Waals surface area contributed by atoms with Gasteiger partial charge in [-0.2, -0.15) is 0 Å². The monoisotopic (exact) mass is 528 g/mol. The molecule has 1 aromatic carbocycles. The first-order valence-corrected chi connectivity index (χ1v) is 10.3. The molecule has 2 heterocycles. The Labute approximate surface area is 196 Å². The van der Waals surface area contributed by atoms with Crippen LogP contribution >= 0.6 is 24.0 Å². The van der Waals surface area contributed by atoms with Crippen LogP contribution in [0.1, 0.15) is 57.6 Å². The number of hydrogen-bond donors (Lipinski definition) is 2. The Balaban J connectivity index is 0.00000320. The fraction of sp³-hybridized carbons (Fsp3) is 0.545. The van der Waals surface area contributed by atoms with E-state index in [0.717, 1.165) is 35.5 Å². The van der Waals surface area contributed by atoms with Gasteiger partial charge >= 0.3 is 0 Å². The van der Waals surface area contributed by atoms with E-state index in [1.54, 1.807) is 0 Å². The Hall–Kier alpha value is -1.97. The van der Waals surface area contributed by atoms with Crippen LogP contribution in [0.4, 0.5) is 0 Å². The SMILES string of the molecule is CCNC(=NCc1cc(C(C)C)no1)NCC(C)(C)c1ccc2c(c1)OCCO2.I. The lowest BCUT2D eigenvalue weighted by molar-refractivity contribution is 0.171. The van der Waals surface area contributed by atoms with Crippen molar-refractivity contribution in [3.05, 3.63) is 41.3 Å². The molecule has 0 saturated carbocycles. The Morgan fingerprint density at radius 1 is 1.13 bits per heavy atom. The number of ether oxygens (including phenoxy) is 2. The zero-order chi connectivity index (χ0) is 20.9. The largest absolute Gasteiger partial charge is 0.486 e. The van der Waals surface area contributed by atoms with E-state index >= 15 is 0 Å². The number of halogens is 1. The normalized spacial score (nSPS) is 13.7. The number of aromatic nitrogens is 1. The molecule has 7 nitrogen and oxygen atoms in total. The van der Waals surface area contributed by atoms with Gasteiger partial charge in [0.2, 0.25) is 0 Å². The van der Waals surface area contributed by atoms with E-state index in [-0.39, 0.29) is 29.4 Å². The molecule has 0 spiro atoms. The van der Waals surface area contributed by atoms with Gasteiger partial charge in [-0.15, -0.1) is 24.0 Å². The minimum atomic E-state index is -0.122. The van der Waals surface area contributed by atoms with Crippen LogP contribution in [0.25, 0.3) is 0 Å². The van der Waals surface area contributed by atoms with Crippen molar-refractivity contribution in [2.75, 3.05) is 26.3 Å². The second-order valence-electron chi connectivity index (χ2n) is 8.16. The van der Waals surface area contributed by atoms with Gasteiger partial charge in [-0.3, -0.25) is 0 Å². The summed E-state index contributed by atoms with van der Waals surface area (Å²) < 4.78 is 16.7. The van der Waals surface area contributed by atoms with E-state index in [1.165, 1.54) is 5.56 Å². The van der Waals surface area contributed by atoms with E-state index in [4.69, 9.17) is 14.0 Å². The van der Waals surface area contributed by atoms with Crippen LogP contribution in [0.5, 0.6) is 11.5 Å². The molecule has 0 unspecified atom stereocenters. The highest BCUT2D eigenvalue weighted by Crippen LogP contribution is 2.34. The molecule has 8 heteroatoms. The summed E-state index contributed by atoms with van der Waals surface area (Å²) in [6.45, 7) is 13.8. The summed E-state index contributed by atoms with van der Waals surface area (Å²) in [5.41, 5.74) is 2.01. The Kier molecular flexibility index (Phi) is 8.81. The first-order chi connectivity index (χ1) is 13.9. The summed E-state index contributed by atoms with van der Waals surface area (Å²) in [4.78, 5) is 4.64. The maximum absolute atomic E-state index is 5.73. The highest BCUT2D eigenvalue weighted by Gasteiger charge is 2.24. The van der Waals surface area contributed by atoms with Crippen LogP contribution in [-0.2, 0) is 12.0 Å². The average molecular weight is 528 g/mol. The molecule has 0 aliphatic carbocycles. The van der Waals surface area contributed by atoms with E-state index in [9.17, 15) is 0 Å². The van der Waals surface area contributed by atoms with Crippen LogP contribution in [0.2, 0.25) is 0 Å². The molecule has 2 aromatic rings.